The summed E-state index contributed by atoms with van der Waals surface area (Å²) in [7, 11) is 0. The van der Waals surface area contributed by atoms with Crippen LogP contribution in [-0.2, 0) is 6.42 Å². The van der Waals surface area contributed by atoms with Crippen molar-refractivity contribution in [2.45, 2.75) is 6.42 Å². The second-order valence-corrected chi connectivity index (χ2v) is 11.0. The second-order valence-electron chi connectivity index (χ2n) is 11.0. The molecule has 5 aromatic carbocycles. The van der Waals surface area contributed by atoms with Gasteiger partial charge in [-0.2, -0.15) is 0 Å². The summed E-state index contributed by atoms with van der Waals surface area (Å²) in [5, 5.41) is 0. The lowest BCUT2D eigenvalue weighted by Crippen LogP contribution is -2.12. The van der Waals surface area contributed by atoms with E-state index < -0.39 is 0 Å². The molecule has 0 atom stereocenters. The van der Waals surface area contributed by atoms with Crippen molar-refractivity contribution in [1.82, 2.24) is 15.0 Å². The van der Waals surface area contributed by atoms with Gasteiger partial charge in [-0.3, -0.25) is 0 Å². The molecule has 0 saturated heterocycles. The zero-order valence-electron chi connectivity index (χ0n) is 24.1. The highest BCUT2D eigenvalue weighted by Crippen LogP contribution is 2.47. The highest BCUT2D eigenvalue weighted by atomic mass is 15.1. The summed E-state index contributed by atoms with van der Waals surface area (Å²) < 4.78 is 0. The Kier molecular flexibility index (Phi) is 6.31. The number of fused-ring (bicyclic) bond motifs is 3. The van der Waals surface area contributed by atoms with Gasteiger partial charge in [-0.15, -0.1) is 0 Å². The number of hydrogen-bond acceptors (Lipinski definition) is 4. The lowest BCUT2D eigenvalue weighted by Gasteiger charge is -2.27. The van der Waals surface area contributed by atoms with Crippen molar-refractivity contribution in [3.8, 4) is 45.3 Å². The van der Waals surface area contributed by atoms with Crippen molar-refractivity contribution in [2.75, 3.05) is 4.90 Å². The van der Waals surface area contributed by atoms with E-state index in [9.17, 15) is 0 Å². The highest BCUT2D eigenvalue weighted by molar-refractivity contribution is 5.99. The molecule has 208 valence electrons. The number of benzene rings is 5. The molecule has 2 bridgehead atoms. The Morgan fingerprint density at radius 2 is 1.18 bits per heavy atom. The number of nitrogens with zero attached hydrogens (tertiary/aromatic N) is 4. The number of para-hydroxylation sites is 1. The van der Waals surface area contributed by atoms with Crippen LogP contribution in [0.25, 0.3) is 50.9 Å². The fourth-order valence-corrected chi connectivity index (χ4v) is 6.11. The Hall–Kier alpha value is -5.87. The predicted molar refractivity (Wildman–Crippen MR) is 180 cm³/mol. The van der Waals surface area contributed by atoms with Crippen LogP contribution in [0.3, 0.4) is 0 Å². The van der Waals surface area contributed by atoms with E-state index in [-0.39, 0.29) is 0 Å². The van der Waals surface area contributed by atoms with Crippen LogP contribution in [0.15, 0.2) is 158 Å². The molecule has 0 fully saturated rings. The Bertz CT molecular complexity index is 2040. The minimum atomic E-state index is 0.647. The number of hydrogen-bond donors (Lipinski definition) is 0. The molecule has 1 aliphatic carbocycles. The third-order valence-corrected chi connectivity index (χ3v) is 8.30. The fraction of sp³-hybridized carbons (Fsp3) is 0.0250. The van der Waals surface area contributed by atoms with E-state index in [1.165, 1.54) is 16.7 Å². The molecule has 0 N–H and O–H groups in total. The van der Waals surface area contributed by atoms with Gasteiger partial charge in [0.2, 0.25) is 0 Å². The van der Waals surface area contributed by atoms with Crippen LogP contribution in [0.4, 0.5) is 11.4 Å². The van der Waals surface area contributed by atoms with Crippen LogP contribution in [0.2, 0.25) is 0 Å². The average molecular weight is 565 g/mol. The maximum absolute atomic E-state index is 5.00. The molecular formula is C40H28N4. The minimum Gasteiger partial charge on any atom is -0.317 e. The predicted octanol–water partition coefficient (Wildman–Crippen LogP) is 9.70. The van der Waals surface area contributed by atoms with Gasteiger partial charge in [-0.1, -0.05) is 116 Å². The number of anilines is 2. The normalized spacial score (nSPS) is 15.3. The Morgan fingerprint density at radius 1 is 0.568 bits per heavy atom. The maximum Gasteiger partial charge on any atom is 0.164 e. The lowest BCUT2D eigenvalue weighted by molar-refractivity contribution is 1.07. The molecule has 0 amide bonds. The van der Waals surface area contributed by atoms with Gasteiger partial charge in [0.1, 0.15) is 0 Å². The molecule has 0 spiro atoms. The van der Waals surface area contributed by atoms with Crippen LogP contribution in [0.5, 0.6) is 0 Å². The van der Waals surface area contributed by atoms with E-state index in [0.717, 1.165) is 51.2 Å². The summed E-state index contributed by atoms with van der Waals surface area (Å²) in [6.45, 7) is 4.63. The first-order chi connectivity index (χ1) is 21.7. The Labute approximate surface area is 257 Å². The van der Waals surface area contributed by atoms with Crippen molar-refractivity contribution in [3.05, 3.63) is 169 Å². The van der Waals surface area contributed by atoms with E-state index in [2.05, 4.69) is 90.5 Å². The van der Waals surface area contributed by atoms with E-state index in [1.54, 1.807) is 0 Å². The monoisotopic (exact) mass is 564 g/mol. The fourth-order valence-electron chi connectivity index (χ4n) is 6.11. The first-order valence-electron chi connectivity index (χ1n) is 14.8. The average Bonchev–Trinajstić information content (AvgIpc) is 3.21. The Balaban J connectivity index is 1.33. The van der Waals surface area contributed by atoms with Crippen molar-refractivity contribution in [1.29, 1.82) is 0 Å². The third-order valence-electron chi connectivity index (χ3n) is 8.30. The molecule has 0 unspecified atom stereocenters. The number of allylic oxidation sites excluding steroid dienone is 4. The molecule has 44 heavy (non-hydrogen) atoms. The summed E-state index contributed by atoms with van der Waals surface area (Å²) in [5.41, 5.74) is 12.1. The first-order valence-corrected chi connectivity index (χ1v) is 14.8. The van der Waals surface area contributed by atoms with Crippen LogP contribution < -0.4 is 4.90 Å². The summed E-state index contributed by atoms with van der Waals surface area (Å²) in [6, 6.07) is 43.8. The molecule has 1 aromatic heterocycles. The molecular weight excluding hydrogens is 536 g/mol. The summed E-state index contributed by atoms with van der Waals surface area (Å²) >= 11 is 0. The Morgan fingerprint density at radius 3 is 1.84 bits per heavy atom. The lowest BCUT2D eigenvalue weighted by atomic mass is 9.91. The molecule has 4 heteroatoms. The van der Waals surface area contributed by atoms with Gasteiger partial charge in [0, 0.05) is 34.1 Å². The van der Waals surface area contributed by atoms with Crippen LogP contribution in [0, 0.1) is 0 Å². The quantitative estimate of drug-likeness (QED) is 0.214. The van der Waals surface area contributed by atoms with Gasteiger partial charge in [-0.25, -0.2) is 15.0 Å². The molecule has 0 radical (unpaired) electrons. The first kappa shape index (κ1) is 25.8. The largest absolute Gasteiger partial charge is 0.317 e. The van der Waals surface area contributed by atoms with E-state index in [1.807, 2.05) is 66.7 Å². The molecule has 6 aromatic rings. The van der Waals surface area contributed by atoms with Gasteiger partial charge in [0.15, 0.2) is 17.5 Å². The maximum atomic E-state index is 5.00. The van der Waals surface area contributed by atoms with Crippen molar-refractivity contribution >= 4 is 16.9 Å². The zero-order valence-corrected chi connectivity index (χ0v) is 24.1. The summed E-state index contributed by atoms with van der Waals surface area (Å²) in [6.07, 6.45) is 7.27. The van der Waals surface area contributed by atoms with Gasteiger partial charge in [0.05, 0.1) is 5.69 Å². The minimum absolute atomic E-state index is 0.647. The number of rotatable bonds is 4. The SMILES string of the molecule is C=C1/C2=C\C=C/N(c3ccccc3)c3cccc(c31)-c1cc(-c3nc(-c4ccccc4)nc(-c4ccccc4)n3)ccc1C2. The highest BCUT2D eigenvalue weighted by Gasteiger charge is 2.26. The second kappa shape index (κ2) is 10.8. The van der Waals surface area contributed by atoms with E-state index >= 15 is 0 Å². The third kappa shape index (κ3) is 4.54. The summed E-state index contributed by atoms with van der Waals surface area (Å²) in [5.74, 6) is 1.95. The molecule has 0 saturated carbocycles. The molecule has 1 aliphatic heterocycles. The van der Waals surface area contributed by atoms with Crippen LogP contribution in [-0.4, -0.2) is 15.0 Å². The van der Waals surface area contributed by atoms with Gasteiger partial charge < -0.3 is 4.90 Å². The van der Waals surface area contributed by atoms with E-state index in [0.29, 0.717) is 17.5 Å². The van der Waals surface area contributed by atoms with Crippen molar-refractivity contribution in [3.63, 3.8) is 0 Å². The van der Waals surface area contributed by atoms with Gasteiger partial charge in [-0.05, 0) is 64.6 Å². The summed E-state index contributed by atoms with van der Waals surface area (Å²) in [4.78, 5) is 17.1. The van der Waals surface area contributed by atoms with Gasteiger partial charge in [0.25, 0.3) is 0 Å². The molecule has 2 aliphatic rings. The topological polar surface area (TPSA) is 41.9 Å². The van der Waals surface area contributed by atoms with Crippen LogP contribution in [0.1, 0.15) is 11.1 Å². The molecule has 2 heterocycles. The van der Waals surface area contributed by atoms with Gasteiger partial charge >= 0.3 is 0 Å². The van der Waals surface area contributed by atoms with Crippen molar-refractivity contribution in [2.24, 2.45) is 0 Å². The number of aromatic nitrogens is 3. The molecule has 4 nitrogen and oxygen atoms in total. The smallest absolute Gasteiger partial charge is 0.164 e. The van der Waals surface area contributed by atoms with Crippen LogP contribution >= 0.6 is 0 Å². The zero-order chi connectivity index (χ0) is 29.5. The van der Waals surface area contributed by atoms with E-state index in [4.69, 9.17) is 15.0 Å². The molecule has 8 rings (SSSR count). The van der Waals surface area contributed by atoms with Crippen molar-refractivity contribution < 1.29 is 0 Å². The standard InChI is InChI=1S/C40H28N4/c1-27-30-17-12-24-44(33-18-9-4-10-19-33)36-21-11-20-34(37(27)36)35-26-32(23-22-31(35)25-30)40-42-38(28-13-5-2-6-14-28)41-39(43-40)29-15-7-3-8-16-29/h2-24,26H,1,25H2/b24-12-,30-17-.